The maximum atomic E-state index is 12.4. The van der Waals surface area contributed by atoms with E-state index in [0.29, 0.717) is 18.9 Å². The largest absolute Gasteiger partial charge is 0.381 e. The summed E-state index contributed by atoms with van der Waals surface area (Å²) < 4.78 is 7.00. The first-order valence-corrected chi connectivity index (χ1v) is 7.59. The summed E-state index contributed by atoms with van der Waals surface area (Å²) in [7, 11) is 0. The topological polar surface area (TPSA) is 79.9 Å². The van der Waals surface area contributed by atoms with E-state index in [1.807, 2.05) is 37.3 Å². The second kappa shape index (κ2) is 6.63. The summed E-state index contributed by atoms with van der Waals surface area (Å²) in [5, 5.41) is 16.4. The number of amides is 1. The number of benzene rings is 1. The summed E-state index contributed by atoms with van der Waals surface area (Å²) in [5.74, 6) is -0.289. The van der Waals surface area contributed by atoms with Gasteiger partial charge in [0.2, 0.25) is 0 Å². The van der Waals surface area contributed by atoms with Gasteiger partial charge < -0.3 is 10.1 Å². The summed E-state index contributed by atoms with van der Waals surface area (Å²) in [4.78, 5) is 12.4. The van der Waals surface area contributed by atoms with Crippen molar-refractivity contribution in [2.24, 2.45) is 5.92 Å². The van der Waals surface area contributed by atoms with E-state index in [9.17, 15) is 10.1 Å². The number of carbonyl (C=O) groups is 1. The van der Waals surface area contributed by atoms with Crippen molar-refractivity contribution < 1.29 is 9.53 Å². The van der Waals surface area contributed by atoms with Gasteiger partial charge >= 0.3 is 0 Å². The zero-order chi connectivity index (χ0) is 16.2. The minimum Gasteiger partial charge on any atom is -0.381 e. The van der Waals surface area contributed by atoms with Gasteiger partial charge in [0.05, 0.1) is 18.4 Å². The Morgan fingerprint density at radius 3 is 2.91 bits per heavy atom. The molecule has 1 aliphatic rings. The molecule has 1 aromatic carbocycles. The van der Waals surface area contributed by atoms with Crippen LogP contribution in [0, 0.1) is 24.2 Å². The second-order valence-corrected chi connectivity index (χ2v) is 5.62. The highest BCUT2D eigenvalue weighted by molar-refractivity contribution is 5.92. The molecule has 0 spiro atoms. The van der Waals surface area contributed by atoms with Crippen LogP contribution in [0.25, 0.3) is 5.69 Å². The Hall–Kier alpha value is -2.65. The number of carbonyl (C=O) groups excluding carboxylic acids is 1. The molecule has 3 rings (SSSR count). The Morgan fingerprint density at radius 1 is 1.48 bits per heavy atom. The van der Waals surface area contributed by atoms with Gasteiger partial charge in [-0.15, -0.1) is 0 Å². The summed E-state index contributed by atoms with van der Waals surface area (Å²) in [5.41, 5.74) is 2.06. The highest BCUT2D eigenvalue weighted by Crippen LogP contribution is 2.17. The molecule has 1 aliphatic heterocycles. The fraction of sp³-hybridized carbons (Fsp3) is 0.353. The summed E-state index contributed by atoms with van der Waals surface area (Å²) in [6, 6.07) is 12.9. The fourth-order valence-corrected chi connectivity index (χ4v) is 2.70. The van der Waals surface area contributed by atoms with Gasteiger partial charge in [0, 0.05) is 18.2 Å². The van der Waals surface area contributed by atoms with Crippen molar-refractivity contribution in [3.63, 3.8) is 0 Å². The van der Waals surface area contributed by atoms with Gasteiger partial charge in [0.15, 0.2) is 5.69 Å². The van der Waals surface area contributed by atoms with Crippen LogP contribution in [-0.4, -0.2) is 34.9 Å². The van der Waals surface area contributed by atoms with E-state index < -0.39 is 6.04 Å². The summed E-state index contributed by atoms with van der Waals surface area (Å²) in [6.07, 6.45) is 0.788. The molecule has 23 heavy (non-hydrogen) atoms. The van der Waals surface area contributed by atoms with Crippen molar-refractivity contribution in [3.05, 3.63) is 47.8 Å². The molecule has 1 aromatic heterocycles. The quantitative estimate of drug-likeness (QED) is 0.934. The number of nitrogens with zero attached hydrogens (tertiary/aromatic N) is 3. The molecule has 2 heterocycles. The van der Waals surface area contributed by atoms with Gasteiger partial charge in [-0.25, -0.2) is 4.68 Å². The number of aryl methyl sites for hydroxylation is 1. The van der Waals surface area contributed by atoms with Crippen LogP contribution in [0.1, 0.15) is 22.6 Å². The Labute approximate surface area is 134 Å². The zero-order valence-electron chi connectivity index (χ0n) is 12.9. The first-order chi connectivity index (χ1) is 11.2. The van der Waals surface area contributed by atoms with Crippen LogP contribution >= 0.6 is 0 Å². The van der Waals surface area contributed by atoms with Crippen molar-refractivity contribution in [2.75, 3.05) is 13.2 Å². The Morgan fingerprint density at radius 2 is 2.26 bits per heavy atom. The maximum absolute atomic E-state index is 12.4. The van der Waals surface area contributed by atoms with Crippen molar-refractivity contribution in [1.29, 1.82) is 5.26 Å². The molecular weight excluding hydrogens is 292 g/mol. The molecular formula is C17H18N4O2. The van der Waals surface area contributed by atoms with Crippen LogP contribution in [0.4, 0.5) is 0 Å². The molecule has 0 aliphatic carbocycles. The van der Waals surface area contributed by atoms with Crippen molar-refractivity contribution in [3.8, 4) is 11.8 Å². The maximum Gasteiger partial charge on any atom is 0.272 e. The van der Waals surface area contributed by atoms with Gasteiger partial charge in [-0.05, 0) is 31.5 Å². The van der Waals surface area contributed by atoms with Crippen molar-refractivity contribution in [2.45, 2.75) is 19.4 Å². The van der Waals surface area contributed by atoms with E-state index in [1.54, 1.807) is 10.7 Å². The van der Waals surface area contributed by atoms with Crippen LogP contribution in [0.2, 0.25) is 0 Å². The average Bonchev–Trinajstić information content (AvgIpc) is 3.23. The third-order valence-electron chi connectivity index (χ3n) is 3.98. The molecule has 6 heteroatoms. The van der Waals surface area contributed by atoms with Gasteiger partial charge in [-0.2, -0.15) is 10.4 Å². The Balaban J connectivity index is 1.77. The van der Waals surface area contributed by atoms with E-state index >= 15 is 0 Å². The molecule has 0 radical (unpaired) electrons. The number of para-hydroxylation sites is 1. The van der Waals surface area contributed by atoms with E-state index in [4.69, 9.17) is 4.74 Å². The average molecular weight is 310 g/mol. The lowest BCUT2D eigenvalue weighted by Gasteiger charge is -2.15. The standard InChI is InChI=1S/C17H18N4O2/c1-12-9-15(20-21(12)14-5-3-2-4-6-14)17(22)19-16(10-18)13-7-8-23-11-13/h2-6,9,13,16H,7-8,11H2,1H3,(H,19,22). The van der Waals surface area contributed by atoms with Crippen molar-refractivity contribution >= 4 is 5.91 Å². The first kappa shape index (κ1) is 15.3. The molecule has 1 fully saturated rings. The van der Waals surface area contributed by atoms with Gasteiger partial charge in [-0.1, -0.05) is 18.2 Å². The van der Waals surface area contributed by atoms with Crippen molar-refractivity contribution in [1.82, 2.24) is 15.1 Å². The SMILES string of the molecule is Cc1cc(C(=O)NC(C#N)C2CCOC2)nn1-c1ccccc1. The minimum absolute atomic E-state index is 0.0428. The number of nitrogens with one attached hydrogen (secondary N) is 1. The third-order valence-corrected chi connectivity index (χ3v) is 3.98. The first-order valence-electron chi connectivity index (χ1n) is 7.59. The molecule has 2 atom stereocenters. The monoisotopic (exact) mass is 310 g/mol. The molecule has 1 amide bonds. The minimum atomic E-state index is -0.549. The lowest BCUT2D eigenvalue weighted by Crippen LogP contribution is -2.39. The highest BCUT2D eigenvalue weighted by atomic mass is 16.5. The van der Waals surface area contributed by atoms with Crippen LogP contribution in [0.3, 0.4) is 0 Å². The molecule has 118 valence electrons. The molecule has 1 saturated heterocycles. The van der Waals surface area contributed by atoms with Crippen LogP contribution < -0.4 is 5.32 Å². The van der Waals surface area contributed by atoms with Gasteiger partial charge in [-0.3, -0.25) is 4.79 Å². The molecule has 1 N–H and O–H groups in total. The van der Waals surface area contributed by atoms with E-state index in [1.165, 1.54) is 0 Å². The fourth-order valence-electron chi connectivity index (χ4n) is 2.70. The van der Waals surface area contributed by atoms with Gasteiger partial charge in [0.25, 0.3) is 5.91 Å². The Bertz CT molecular complexity index is 727. The predicted molar refractivity (Wildman–Crippen MR) is 84.1 cm³/mol. The van der Waals surface area contributed by atoms with Crippen LogP contribution in [0.5, 0.6) is 0 Å². The molecule has 0 bridgehead atoms. The molecule has 6 nitrogen and oxygen atoms in total. The van der Waals surface area contributed by atoms with E-state index in [0.717, 1.165) is 17.8 Å². The number of hydrogen-bond acceptors (Lipinski definition) is 4. The number of aromatic nitrogens is 2. The summed E-state index contributed by atoms with van der Waals surface area (Å²) >= 11 is 0. The number of hydrogen-bond donors (Lipinski definition) is 1. The van der Waals surface area contributed by atoms with Crippen LogP contribution in [0.15, 0.2) is 36.4 Å². The number of nitriles is 1. The smallest absolute Gasteiger partial charge is 0.272 e. The lowest BCUT2D eigenvalue weighted by molar-refractivity contribution is 0.0925. The van der Waals surface area contributed by atoms with Crippen LogP contribution in [-0.2, 0) is 4.74 Å². The molecule has 2 aromatic rings. The summed E-state index contributed by atoms with van der Waals surface area (Å²) in [6.45, 7) is 3.04. The Kier molecular flexibility index (Phi) is 4.40. The van der Waals surface area contributed by atoms with Gasteiger partial charge in [0.1, 0.15) is 6.04 Å². The molecule has 0 saturated carbocycles. The highest BCUT2D eigenvalue weighted by Gasteiger charge is 2.28. The lowest BCUT2D eigenvalue weighted by atomic mass is 10.0. The zero-order valence-corrected chi connectivity index (χ0v) is 12.9. The van der Waals surface area contributed by atoms with E-state index in [2.05, 4.69) is 16.5 Å². The number of rotatable bonds is 4. The second-order valence-electron chi connectivity index (χ2n) is 5.62. The predicted octanol–water partition coefficient (Wildman–Crippen LogP) is 1.84. The third kappa shape index (κ3) is 3.25. The normalized spacial score (nSPS) is 18.3. The molecule has 2 unspecified atom stereocenters. The number of ether oxygens (including phenoxy) is 1. The van der Waals surface area contributed by atoms with E-state index in [-0.39, 0.29) is 11.8 Å².